The summed E-state index contributed by atoms with van der Waals surface area (Å²) in [7, 11) is 0. The number of fused-ring (bicyclic) bond motifs is 1. The van der Waals surface area contributed by atoms with Crippen LogP contribution in [0.1, 0.15) is 31.0 Å². The van der Waals surface area contributed by atoms with Crippen molar-refractivity contribution in [1.82, 2.24) is 10.2 Å². The van der Waals surface area contributed by atoms with Crippen molar-refractivity contribution in [2.45, 2.75) is 26.2 Å². The number of carboxylic acid groups (broad SMARTS) is 1. The van der Waals surface area contributed by atoms with Crippen LogP contribution >= 0.6 is 0 Å². The van der Waals surface area contributed by atoms with Gasteiger partial charge >= 0.3 is 5.97 Å². The molecule has 4 nitrogen and oxygen atoms in total. The zero-order chi connectivity index (χ0) is 10.3. The molecule has 2 N–H and O–H groups in total. The molecule has 3 unspecified atom stereocenters. The Kier molecular flexibility index (Phi) is 2.06. The quantitative estimate of drug-likeness (QED) is 0.748. The average molecular weight is 194 g/mol. The molecule has 0 saturated carbocycles. The van der Waals surface area contributed by atoms with Gasteiger partial charge in [-0.2, -0.15) is 5.10 Å². The predicted octanol–water partition coefficient (Wildman–Crippen LogP) is 1.41. The third-order valence-corrected chi connectivity index (χ3v) is 3.18. The highest BCUT2D eigenvalue weighted by molar-refractivity contribution is 5.71. The van der Waals surface area contributed by atoms with Crippen molar-refractivity contribution < 1.29 is 9.90 Å². The summed E-state index contributed by atoms with van der Waals surface area (Å²) in [5.41, 5.74) is 2.20. The van der Waals surface area contributed by atoms with Crippen molar-refractivity contribution in [2.24, 2.45) is 11.8 Å². The van der Waals surface area contributed by atoms with Crippen LogP contribution in [-0.2, 0) is 11.2 Å². The Morgan fingerprint density at radius 3 is 3.14 bits per heavy atom. The summed E-state index contributed by atoms with van der Waals surface area (Å²) in [6, 6.07) is 0. The van der Waals surface area contributed by atoms with E-state index in [0.29, 0.717) is 5.92 Å². The van der Waals surface area contributed by atoms with Crippen LogP contribution in [0.2, 0.25) is 0 Å². The van der Waals surface area contributed by atoms with Crippen LogP contribution in [0.5, 0.6) is 0 Å². The lowest BCUT2D eigenvalue weighted by molar-refractivity contribution is -0.142. The third-order valence-electron chi connectivity index (χ3n) is 3.18. The van der Waals surface area contributed by atoms with Gasteiger partial charge in [0.05, 0.1) is 12.1 Å². The fourth-order valence-electron chi connectivity index (χ4n) is 2.44. The van der Waals surface area contributed by atoms with Gasteiger partial charge in [0.2, 0.25) is 0 Å². The number of aromatic nitrogens is 2. The van der Waals surface area contributed by atoms with Crippen molar-refractivity contribution >= 4 is 5.97 Å². The first kappa shape index (κ1) is 9.24. The molecule has 1 aromatic heterocycles. The number of hydrogen-bond donors (Lipinski definition) is 2. The number of hydrogen-bond acceptors (Lipinski definition) is 2. The predicted molar refractivity (Wildman–Crippen MR) is 51.0 cm³/mol. The Labute approximate surface area is 82.3 Å². The third kappa shape index (κ3) is 1.22. The lowest BCUT2D eigenvalue weighted by atomic mass is 9.84. The molecular weight excluding hydrogens is 180 g/mol. The molecule has 0 spiro atoms. The zero-order valence-corrected chi connectivity index (χ0v) is 8.32. The molecule has 1 heterocycles. The van der Waals surface area contributed by atoms with Crippen molar-refractivity contribution in [3.8, 4) is 0 Å². The largest absolute Gasteiger partial charge is 0.481 e. The molecule has 0 radical (unpaired) electrons. The molecule has 0 saturated heterocycles. The Morgan fingerprint density at radius 2 is 2.50 bits per heavy atom. The summed E-state index contributed by atoms with van der Waals surface area (Å²) >= 11 is 0. The number of rotatable bonds is 2. The van der Waals surface area contributed by atoms with E-state index >= 15 is 0 Å². The summed E-state index contributed by atoms with van der Waals surface area (Å²) in [4.78, 5) is 10.9. The molecule has 1 aromatic rings. The summed E-state index contributed by atoms with van der Waals surface area (Å²) in [5, 5.41) is 15.9. The molecular formula is C10H14N2O2. The molecule has 3 atom stereocenters. The summed E-state index contributed by atoms with van der Waals surface area (Å²) in [5.74, 6) is -0.550. The number of aromatic amines is 1. The minimum absolute atomic E-state index is 0.112. The smallest absolute Gasteiger partial charge is 0.306 e. The zero-order valence-electron chi connectivity index (χ0n) is 8.32. The van der Waals surface area contributed by atoms with Gasteiger partial charge in [-0.25, -0.2) is 0 Å². The second kappa shape index (κ2) is 3.12. The molecule has 0 amide bonds. The highest BCUT2D eigenvalue weighted by Gasteiger charge is 2.37. The van der Waals surface area contributed by atoms with E-state index in [9.17, 15) is 4.79 Å². The average Bonchev–Trinajstić information content (AvgIpc) is 2.62. The first-order chi connectivity index (χ1) is 6.61. The van der Waals surface area contributed by atoms with Crippen molar-refractivity contribution in [2.75, 3.05) is 0 Å². The first-order valence-corrected chi connectivity index (χ1v) is 4.86. The van der Waals surface area contributed by atoms with Gasteiger partial charge in [0.1, 0.15) is 0 Å². The Hall–Kier alpha value is -1.32. The maximum atomic E-state index is 10.9. The molecule has 0 fully saturated rings. The van der Waals surface area contributed by atoms with Crippen LogP contribution in [0.3, 0.4) is 0 Å². The van der Waals surface area contributed by atoms with Crippen LogP contribution in [0, 0.1) is 11.8 Å². The Balaban J connectivity index is 2.32. The molecule has 2 rings (SSSR count). The minimum Gasteiger partial charge on any atom is -0.481 e. The van der Waals surface area contributed by atoms with Crippen molar-refractivity contribution in [1.29, 1.82) is 0 Å². The van der Waals surface area contributed by atoms with Gasteiger partial charge in [0.15, 0.2) is 0 Å². The second-order valence-electron chi connectivity index (χ2n) is 4.14. The number of nitrogens with zero attached hydrogens (tertiary/aromatic N) is 1. The molecule has 14 heavy (non-hydrogen) atoms. The van der Waals surface area contributed by atoms with Gasteiger partial charge in [-0.1, -0.05) is 13.8 Å². The Bertz CT molecular complexity index is 359. The maximum Gasteiger partial charge on any atom is 0.306 e. The standard InChI is InChI=1S/C10H14N2O2/c1-5-3-8-7(4-11-12-8)9(5)6(2)10(13)14/h4-6,9H,3H2,1-2H3,(H,11,12)(H,13,14). The van der Waals surface area contributed by atoms with Crippen LogP contribution in [-0.4, -0.2) is 21.3 Å². The maximum absolute atomic E-state index is 10.9. The van der Waals surface area contributed by atoms with Crippen LogP contribution in [0.25, 0.3) is 0 Å². The molecule has 0 aromatic carbocycles. The van der Waals surface area contributed by atoms with E-state index < -0.39 is 5.97 Å². The summed E-state index contributed by atoms with van der Waals surface area (Å²) in [6.07, 6.45) is 2.68. The molecule has 76 valence electrons. The fourth-order valence-corrected chi connectivity index (χ4v) is 2.44. The van der Waals surface area contributed by atoms with E-state index in [1.807, 2.05) is 0 Å². The summed E-state index contributed by atoms with van der Waals surface area (Å²) < 4.78 is 0. The molecule has 4 heteroatoms. The van der Waals surface area contributed by atoms with Gasteiger partial charge in [-0.3, -0.25) is 9.89 Å². The summed E-state index contributed by atoms with van der Waals surface area (Å²) in [6.45, 7) is 3.86. The van der Waals surface area contributed by atoms with E-state index in [1.165, 1.54) is 0 Å². The van der Waals surface area contributed by atoms with E-state index in [1.54, 1.807) is 13.1 Å². The monoisotopic (exact) mass is 194 g/mol. The van der Waals surface area contributed by atoms with Crippen molar-refractivity contribution in [3.05, 3.63) is 17.5 Å². The number of carboxylic acids is 1. The van der Waals surface area contributed by atoms with Gasteiger partial charge in [-0.15, -0.1) is 0 Å². The highest BCUT2D eigenvalue weighted by atomic mass is 16.4. The van der Waals surface area contributed by atoms with Gasteiger partial charge in [0, 0.05) is 11.6 Å². The first-order valence-electron chi connectivity index (χ1n) is 4.86. The molecule has 1 aliphatic rings. The topological polar surface area (TPSA) is 66.0 Å². The molecule has 1 aliphatic carbocycles. The van der Waals surface area contributed by atoms with E-state index in [-0.39, 0.29) is 11.8 Å². The van der Waals surface area contributed by atoms with Crippen LogP contribution < -0.4 is 0 Å². The highest BCUT2D eigenvalue weighted by Crippen LogP contribution is 2.41. The lowest BCUT2D eigenvalue weighted by Crippen LogP contribution is -2.21. The lowest BCUT2D eigenvalue weighted by Gasteiger charge is -2.19. The number of carbonyl (C=O) groups is 1. The van der Waals surface area contributed by atoms with Gasteiger partial charge < -0.3 is 5.11 Å². The Morgan fingerprint density at radius 1 is 1.79 bits per heavy atom. The van der Waals surface area contributed by atoms with Crippen LogP contribution in [0.15, 0.2) is 6.20 Å². The number of nitrogens with one attached hydrogen (secondary N) is 1. The van der Waals surface area contributed by atoms with E-state index in [2.05, 4.69) is 17.1 Å². The normalized spacial score (nSPS) is 27.3. The van der Waals surface area contributed by atoms with E-state index in [0.717, 1.165) is 17.7 Å². The van der Waals surface area contributed by atoms with Gasteiger partial charge in [-0.05, 0) is 17.9 Å². The van der Waals surface area contributed by atoms with Crippen molar-refractivity contribution in [3.63, 3.8) is 0 Å². The number of H-pyrrole nitrogens is 1. The van der Waals surface area contributed by atoms with Crippen LogP contribution in [0.4, 0.5) is 0 Å². The van der Waals surface area contributed by atoms with Gasteiger partial charge in [0.25, 0.3) is 0 Å². The van der Waals surface area contributed by atoms with E-state index in [4.69, 9.17) is 5.11 Å². The minimum atomic E-state index is -0.726. The molecule has 0 aliphatic heterocycles. The molecule has 0 bridgehead atoms. The second-order valence-corrected chi connectivity index (χ2v) is 4.14. The number of aliphatic carboxylic acids is 1. The SMILES string of the molecule is CC1Cc2[nH]ncc2C1C(C)C(=O)O. The fraction of sp³-hybridized carbons (Fsp3) is 0.600.